The van der Waals surface area contributed by atoms with Gasteiger partial charge in [0.25, 0.3) is 5.91 Å². The number of carbonyl (C=O) groups is 1. The molecular weight excluding hydrogens is 283 g/mol. The Morgan fingerprint density at radius 1 is 1.50 bits per heavy atom. The van der Waals surface area contributed by atoms with Crippen molar-refractivity contribution in [2.75, 3.05) is 6.54 Å². The molecular formula is C13H17FN2O3S. The number of rotatable bonds is 4. The summed E-state index contributed by atoms with van der Waals surface area (Å²) in [4.78, 5) is 11.6. The Balaban J connectivity index is 2.23. The Morgan fingerprint density at radius 3 is 2.60 bits per heavy atom. The van der Waals surface area contributed by atoms with E-state index in [2.05, 4.69) is 12.2 Å². The molecule has 0 saturated heterocycles. The maximum atomic E-state index is 13.7. The zero-order valence-corrected chi connectivity index (χ0v) is 12.1. The standard InChI is InChI=1S/C13H17FN2O3S/c1-7-3-10(7)6-16-13(17)9-4-11(14)8(2)12(5-9)20(15,18)19/h4-5,7,10H,3,6H2,1-2H3,(H,16,17)(H2,15,18,19). The maximum absolute atomic E-state index is 13.7. The molecule has 2 unspecified atom stereocenters. The Morgan fingerprint density at radius 2 is 2.10 bits per heavy atom. The summed E-state index contributed by atoms with van der Waals surface area (Å²) in [6, 6.07) is 2.13. The summed E-state index contributed by atoms with van der Waals surface area (Å²) in [5, 5.41) is 7.70. The van der Waals surface area contributed by atoms with Gasteiger partial charge in [-0.1, -0.05) is 6.92 Å². The van der Waals surface area contributed by atoms with E-state index in [9.17, 15) is 17.6 Å². The number of primary sulfonamides is 1. The number of nitrogens with two attached hydrogens (primary N) is 1. The fraction of sp³-hybridized carbons (Fsp3) is 0.462. The number of benzene rings is 1. The van der Waals surface area contributed by atoms with Crippen LogP contribution in [0.3, 0.4) is 0 Å². The second kappa shape index (κ2) is 5.14. The largest absolute Gasteiger partial charge is 0.352 e. The van der Waals surface area contributed by atoms with Gasteiger partial charge in [-0.15, -0.1) is 0 Å². The molecule has 0 spiro atoms. The first-order valence-corrected chi connectivity index (χ1v) is 7.86. The van der Waals surface area contributed by atoms with Crippen LogP contribution in [-0.4, -0.2) is 20.9 Å². The molecule has 1 aromatic carbocycles. The summed E-state index contributed by atoms with van der Waals surface area (Å²) < 4.78 is 36.5. The van der Waals surface area contributed by atoms with Crippen LogP contribution in [0.4, 0.5) is 4.39 Å². The molecule has 0 radical (unpaired) electrons. The monoisotopic (exact) mass is 300 g/mol. The summed E-state index contributed by atoms with van der Waals surface area (Å²) in [6.45, 7) is 3.91. The average Bonchev–Trinajstić information content (AvgIpc) is 3.04. The number of hydrogen-bond donors (Lipinski definition) is 2. The molecule has 3 N–H and O–H groups in total. The second-order valence-electron chi connectivity index (χ2n) is 5.31. The molecule has 1 amide bonds. The first-order valence-electron chi connectivity index (χ1n) is 6.31. The number of sulfonamides is 1. The molecule has 2 rings (SSSR count). The van der Waals surface area contributed by atoms with Crippen molar-refractivity contribution in [1.82, 2.24) is 5.32 Å². The summed E-state index contributed by atoms with van der Waals surface area (Å²) >= 11 is 0. The van der Waals surface area contributed by atoms with Crippen molar-refractivity contribution in [3.05, 3.63) is 29.1 Å². The van der Waals surface area contributed by atoms with Crippen molar-refractivity contribution in [2.45, 2.75) is 25.2 Å². The molecule has 20 heavy (non-hydrogen) atoms. The van der Waals surface area contributed by atoms with E-state index in [0.29, 0.717) is 18.4 Å². The molecule has 2 atom stereocenters. The van der Waals surface area contributed by atoms with Crippen LogP contribution in [0.5, 0.6) is 0 Å². The third-order valence-electron chi connectivity index (χ3n) is 3.67. The van der Waals surface area contributed by atoms with Crippen LogP contribution in [-0.2, 0) is 10.0 Å². The molecule has 1 fully saturated rings. The second-order valence-corrected chi connectivity index (χ2v) is 6.84. The van der Waals surface area contributed by atoms with Gasteiger partial charge in [0.2, 0.25) is 10.0 Å². The van der Waals surface area contributed by atoms with Crippen LogP contribution in [0.2, 0.25) is 0 Å². The van der Waals surface area contributed by atoms with Gasteiger partial charge in [0.1, 0.15) is 5.82 Å². The van der Waals surface area contributed by atoms with Crippen molar-refractivity contribution in [1.29, 1.82) is 0 Å². The van der Waals surface area contributed by atoms with E-state index < -0.39 is 21.7 Å². The molecule has 1 saturated carbocycles. The Kier molecular flexibility index (Phi) is 3.84. The highest BCUT2D eigenvalue weighted by Crippen LogP contribution is 2.36. The van der Waals surface area contributed by atoms with Gasteiger partial charge in [0.15, 0.2) is 0 Å². The van der Waals surface area contributed by atoms with Gasteiger partial charge in [0.05, 0.1) is 4.90 Å². The van der Waals surface area contributed by atoms with E-state index in [0.717, 1.165) is 18.6 Å². The zero-order chi connectivity index (χ0) is 15.1. The smallest absolute Gasteiger partial charge is 0.251 e. The minimum absolute atomic E-state index is 0.0366. The number of carbonyl (C=O) groups excluding carboxylic acids is 1. The fourth-order valence-electron chi connectivity index (χ4n) is 2.09. The van der Waals surface area contributed by atoms with Crippen molar-refractivity contribution < 1.29 is 17.6 Å². The number of halogens is 1. The lowest BCUT2D eigenvalue weighted by Crippen LogP contribution is -2.26. The Hall–Kier alpha value is -1.47. The van der Waals surface area contributed by atoms with Crippen LogP contribution in [0.15, 0.2) is 17.0 Å². The fourth-order valence-corrected chi connectivity index (χ4v) is 2.91. The van der Waals surface area contributed by atoms with E-state index in [1.54, 1.807) is 0 Å². The number of amides is 1. The van der Waals surface area contributed by atoms with Crippen molar-refractivity contribution in [2.24, 2.45) is 17.0 Å². The van der Waals surface area contributed by atoms with Crippen LogP contribution in [0.25, 0.3) is 0 Å². The average molecular weight is 300 g/mol. The number of hydrogen-bond acceptors (Lipinski definition) is 3. The summed E-state index contributed by atoms with van der Waals surface area (Å²) in [5.74, 6) is -0.216. The summed E-state index contributed by atoms with van der Waals surface area (Å²) in [5.41, 5.74) is -0.120. The maximum Gasteiger partial charge on any atom is 0.251 e. The minimum Gasteiger partial charge on any atom is -0.352 e. The van der Waals surface area contributed by atoms with Gasteiger partial charge in [-0.3, -0.25) is 4.79 Å². The lowest BCUT2D eigenvalue weighted by molar-refractivity contribution is 0.0950. The predicted molar refractivity (Wildman–Crippen MR) is 72.1 cm³/mol. The molecule has 1 aliphatic carbocycles. The van der Waals surface area contributed by atoms with Crippen LogP contribution in [0, 0.1) is 24.6 Å². The van der Waals surface area contributed by atoms with Gasteiger partial charge in [0, 0.05) is 17.7 Å². The van der Waals surface area contributed by atoms with E-state index in [1.165, 1.54) is 6.92 Å². The Labute approximate surface area is 117 Å². The molecule has 5 nitrogen and oxygen atoms in total. The topological polar surface area (TPSA) is 89.3 Å². The van der Waals surface area contributed by atoms with Crippen molar-refractivity contribution in [3.8, 4) is 0 Å². The van der Waals surface area contributed by atoms with E-state index >= 15 is 0 Å². The highest BCUT2D eigenvalue weighted by atomic mass is 32.2. The van der Waals surface area contributed by atoms with E-state index in [-0.39, 0.29) is 16.0 Å². The van der Waals surface area contributed by atoms with Gasteiger partial charge in [-0.2, -0.15) is 0 Å². The quantitative estimate of drug-likeness (QED) is 0.874. The van der Waals surface area contributed by atoms with Gasteiger partial charge in [-0.05, 0) is 37.3 Å². The van der Waals surface area contributed by atoms with Crippen LogP contribution >= 0.6 is 0 Å². The SMILES string of the molecule is Cc1c(F)cc(C(=O)NCC2CC2C)cc1S(N)(=O)=O. The Bertz CT molecular complexity index is 658. The van der Waals surface area contributed by atoms with Crippen molar-refractivity contribution >= 4 is 15.9 Å². The normalized spacial score (nSPS) is 21.6. The first kappa shape index (κ1) is 14.9. The molecule has 0 bridgehead atoms. The van der Waals surface area contributed by atoms with Gasteiger partial charge in [-0.25, -0.2) is 17.9 Å². The third kappa shape index (κ3) is 3.16. The van der Waals surface area contributed by atoms with Crippen LogP contribution in [0.1, 0.15) is 29.3 Å². The molecule has 0 heterocycles. The highest BCUT2D eigenvalue weighted by molar-refractivity contribution is 7.89. The third-order valence-corrected chi connectivity index (χ3v) is 4.70. The van der Waals surface area contributed by atoms with Gasteiger partial charge >= 0.3 is 0 Å². The lowest BCUT2D eigenvalue weighted by Gasteiger charge is -2.09. The molecule has 0 aromatic heterocycles. The minimum atomic E-state index is -4.06. The summed E-state index contributed by atoms with van der Waals surface area (Å²) in [6.07, 6.45) is 1.06. The first-order chi connectivity index (χ1) is 9.20. The molecule has 1 aliphatic rings. The van der Waals surface area contributed by atoms with Crippen molar-refractivity contribution in [3.63, 3.8) is 0 Å². The zero-order valence-electron chi connectivity index (χ0n) is 11.3. The molecule has 7 heteroatoms. The lowest BCUT2D eigenvalue weighted by atomic mass is 10.1. The molecule has 1 aromatic rings. The van der Waals surface area contributed by atoms with Crippen LogP contribution < -0.4 is 10.5 Å². The summed E-state index contributed by atoms with van der Waals surface area (Å²) in [7, 11) is -4.06. The highest BCUT2D eigenvalue weighted by Gasteiger charge is 2.32. The molecule has 110 valence electrons. The van der Waals surface area contributed by atoms with E-state index in [1.807, 2.05) is 0 Å². The molecule has 0 aliphatic heterocycles. The van der Waals surface area contributed by atoms with E-state index in [4.69, 9.17) is 5.14 Å². The van der Waals surface area contributed by atoms with Gasteiger partial charge < -0.3 is 5.32 Å². The number of nitrogens with one attached hydrogen (secondary N) is 1. The predicted octanol–water partition coefficient (Wildman–Crippen LogP) is 1.17.